The summed E-state index contributed by atoms with van der Waals surface area (Å²) >= 11 is 0. The Bertz CT molecular complexity index is 920. The summed E-state index contributed by atoms with van der Waals surface area (Å²) < 4.78 is 5.72. The molecule has 2 aromatic carbocycles. The average Bonchev–Trinajstić information content (AvgIpc) is 3.14. The molecule has 0 saturated carbocycles. The number of rotatable bonds is 3. The molecular weight excluding hydrogens is 288 g/mol. The molecule has 0 aliphatic carbocycles. The second kappa shape index (κ2) is 5.81. The smallest absolute Gasteiger partial charge is 0.268 e. The van der Waals surface area contributed by atoms with Gasteiger partial charge >= 0.3 is 0 Å². The average molecular weight is 300 g/mol. The lowest BCUT2D eigenvalue weighted by Gasteiger charge is -2.01. The minimum atomic E-state index is 0.356. The van der Waals surface area contributed by atoms with Crippen molar-refractivity contribution in [3.05, 3.63) is 73.1 Å². The molecule has 0 radical (unpaired) electrons. The summed E-state index contributed by atoms with van der Waals surface area (Å²) in [5.41, 5.74) is 3.19. The van der Waals surface area contributed by atoms with Gasteiger partial charge in [0.2, 0.25) is 5.89 Å². The largest absolute Gasteiger partial charge is 0.415 e. The van der Waals surface area contributed by atoms with E-state index in [4.69, 9.17) is 4.42 Å². The lowest BCUT2D eigenvalue weighted by Crippen LogP contribution is -1.90. The molecule has 23 heavy (non-hydrogen) atoms. The molecule has 0 aliphatic rings. The zero-order valence-electron chi connectivity index (χ0n) is 12.1. The summed E-state index contributed by atoms with van der Waals surface area (Å²) in [5, 5.41) is 8.16. The van der Waals surface area contributed by atoms with Gasteiger partial charge in [-0.2, -0.15) is 0 Å². The number of hydrogen-bond acceptors (Lipinski definition) is 5. The first-order valence-corrected chi connectivity index (χ1v) is 7.17. The minimum Gasteiger partial charge on any atom is -0.415 e. The summed E-state index contributed by atoms with van der Waals surface area (Å²) in [6.45, 7) is 0. The fourth-order valence-electron chi connectivity index (χ4n) is 2.24. The Morgan fingerprint density at radius 1 is 0.609 bits per heavy atom. The molecule has 0 saturated heterocycles. The van der Waals surface area contributed by atoms with Crippen molar-refractivity contribution >= 4 is 0 Å². The predicted molar refractivity (Wildman–Crippen MR) is 86.2 cm³/mol. The Balaban J connectivity index is 1.71. The van der Waals surface area contributed by atoms with Gasteiger partial charge in [0, 0.05) is 11.1 Å². The van der Waals surface area contributed by atoms with Crippen LogP contribution in [0.25, 0.3) is 34.3 Å². The molecule has 0 N–H and O–H groups in total. The van der Waals surface area contributed by atoms with Crippen molar-refractivity contribution in [1.29, 1.82) is 0 Å². The normalized spacial score (nSPS) is 10.6. The van der Waals surface area contributed by atoms with Crippen molar-refractivity contribution in [3.8, 4) is 34.3 Å². The molecule has 0 unspecified atom stereocenters. The molecule has 0 aliphatic heterocycles. The Morgan fingerprint density at radius 3 is 1.96 bits per heavy atom. The summed E-state index contributed by atoms with van der Waals surface area (Å²) in [5.74, 6) is 0.821. The van der Waals surface area contributed by atoms with Gasteiger partial charge < -0.3 is 4.42 Å². The molecule has 5 nitrogen and oxygen atoms in total. The van der Waals surface area contributed by atoms with Crippen molar-refractivity contribution in [2.45, 2.75) is 0 Å². The van der Waals surface area contributed by atoms with E-state index < -0.39 is 0 Å². The molecule has 0 fully saturated rings. The van der Waals surface area contributed by atoms with Crippen molar-refractivity contribution in [3.63, 3.8) is 0 Å². The fourth-order valence-corrected chi connectivity index (χ4v) is 2.24. The van der Waals surface area contributed by atoms with Crippen molar-refractivity contribution in [2.24, 2.45) is 0 Å². The first-order valence-electron chi connectivity index (χ1n) is 7.17. The van der Waals surface area contributed by atoms with Crippen LogP contribution < -0.4 is 0 Å². The molecule has 110 valence electrons. The lowest BCUT2D eigenvalue weighted by atomic mass is 10.2. The van der Waals surface area contributed by atoms with E-state index in [0.717, 1.165) is 16.8 Å². The molecule has 5 heteroatoms. The van der Waals surface area contributed by atoms with E-state index >= 15 is 0 Å². The van der Waals surface area contributed by atoms with Gasteiger partial charge in [0.05, 0.1) is 18.1 Å². The van der Waals surface area contributed by atoms with Crippen LogP contribution in [-0.4, -0.2) is 20.2 Å². The highest BCUT2D eigenvalue weighted by Gasteiger charge is 2.12. The van der Waals surface area contributed by atoms with Crippen LogP contribution in [0.5, 0.6) is 0 Å². The maximum absolute atomic E-state index is 5.72. The third-order valence-electron chi connectivity index (χ3n) is 3.37. The molecule has 0 amide bonds. The van der Waals surface area contributed by atoms with E-state index in [9.17, 15) is 0 Å². The van der Waals surface area contributed by atoms with Crippen LogP contribution in [-0.2, 0) is 0 Å². The van der Waals surface area contributed by atoms with Gasteiger partial charge in [0.15, 0.2) is 0 Å². The van der Waals surface area contributed by atoms with Gasteiger partial charge in [-0.1, -0.05) is 48.5 Å². The monoisotopic (exact) mass is 300 g/mol. The third kappa shape index (κ3) is 2.72. The molecule has 4 rings (SSSR count). The number of benzene rings is 2. The third-order valence-corrected chi connectivity index (χ3v) is 3.37. The van der Waals surface area contributed by atoms with Crippen LogP contribution in [0.1, 0.15) is 0 Å². The second-order valence-electron chi connectivity index (χ2n) is 4.93. The molecule has 2 aromatic heterocycles. The van der Waals surface area contributed by atoms with Crippen LogP contribution >= 0.6 is 0 Å². The van der Waals surface area contributed by atoms with E-state index in [0.29, 0.717) is 17.5 Å². The quantitative estimate of drug-likeness (QED) is 0.575. The van der Waals surface area contributed by atoms with Crippen LogP contribution in [0.15, 0.2) is 77.5 Å². The van der Waals surface area contributed by atoms with Gasteiger partial charge in [-0.3, -0.25) is 4.98 Å². The van der Waals surface area contributed by atoms with Crippen molar-refractivity contribution < 1.29 is 4.42 Å². The highest BCUT2D eigenvalue weighted by Crippen LogP contribution is 2.24. The zero-order chi connectivity index (χ0) is 15.5. The summed E-state index contributed by atoms with van der Waals surface area (Å²) in [6.07, 6.45) is 3.34. The van der Waals surface area contributed by atoms with Crippen LogP contribution in [0.3, 0.4) is 0 Å². The highest BCUT2D eigenvalue weighted by atomic mass is 16.4. The highest BCUT2D eigenvalue weighted by molar-refractivity contribution is 5.61. The standard InChI is InChI=1S/C18H12N4O/c1-3-7-13(8-4-1)15-11-19-12-16(20-15)18-22-21-17(23-18)14-9-5-2-6-10-14/h1-12H. The topological polar surface area (TPSA) is 64.7 Å². The van der Waals surface area contributed by atoms with Gasteiger partial charge in [-0.25, -0.2) is 4.98 Å². The van der Waals surface area contributed by atoms with E-state index in [1.807, 2.05) is 60.7 Å². The SMILES string of the molecule is c1ccc(-c2cncc(-c3nnc(-c4ccccc4)o3)n2)cc1. The van der Waals surface area contributed by atoms with Crippen LogP contribution in [0, 0.1) is 0 Å². The number of nitrogens with zero attached hydrogens (tertiary/aromatic N) is 4. The number of hydrogen-bond donors (Lipinski definition) is 0. The Hall–Kier alpha value is -3.34. The lowest BCUT2D eigenvalue weighted by molar-refractivity contribution is 0.582. The maximum atomic E-state index is 5.72. The summed E-state index contributed by atoms with van der Waals surface area (Å²) in [7, 11) is 0. The molecular formula is C18H12N4O. The maximum Gasteiger partial charge on any atom is 0.268 e. The van der Waals surface area contributed by atoms with Gasteiger partial charge in [0.1, 0.15) is 5.69 Å². The van der Waals surface area contributed by atoms with Crippen LogP contribution in [0.2, 0.25) is 0 Å². The molecule has 0 atom stereocenters. The van der Waals surface area contributed by atoms with Crippen molar-refractivity contribution in [2.75, 3.05) is 0 Å². The minimum absolute atomic E-state index is 0.356. The van der Waals surface area contributed by atoms with Gasteiger partial charge in [0.25, 0.3) is 5.89 Å². The zero-order valence-corrected chi connectivity index (χ0v) is 12.1. The van der Waals surface area contributed by atoms with E-state index in [1.54, 1.807) is 12.4 Å². The first-order chi connectivity index (χ1) is 11.4. The first kappa shape index (κ1) is 13.3. The van der Waals surface area contributed by atoms with Crippen LogP contribution in [0.4, 0.5) is 0 Å². The fraction of sp³-hybridized carbons (Fsp3) is 0. The predicted octanol–water partition coefficient (Wildman–Crippen LogP) is 3.86. The van der Waals surface area contributed by atoms with Crippen molar-refractivity contribution in [1.82, 2.24) is 20.2 Å². The summed E-state index contributed by atoms with van der Waals surface area (Å²) in [6, 6.07) is 19.5. The molecule has 2 heterocycles. The summed E-state index contributed by atoms with van der Waals surface area (Å²) in [4.78, 5) is 8.79. The van der Waals surface area contributed by atoms with E-state index in [-0.39, 0.29) is 0 Å². The Kier molecular flexibility index (Phi) is 3.37. The molecule has 4 aromatic rings. The van der Waals surface area contributed by atoms with Gasteiger partial charge in [-0.05, 0) is 12.1 Å². The van der Waals surface area contributed by atoms with E-state index in [1.165, 1.54) is 0 Å². The van der Waals surface area contributed by atoms with Gasteiger partial charge in [-0.15, -0.1) is 10.2 Å². The Morgan fingerprint density at radius 2 is 1.22 bits per heavy atom. The second-order valence-corrected chi connectivity index (χ2v) is 4.93. The van der Waals surface area contributed by atoms with E-state index in [2.05, 4.69) is 20.2 Å². The number of aromatic nitrogens is 4. The molecule has 0 bridgehead atoms. The molecule has 0 spiro atoms. The Labute approximate surface area is 132 Å².